The van der Waals surface area contributed by atoms with Crippen molar-refractivity contribution in [1.29, 1.82) is 0 Å². The molecule has 0 saturated heterocycles. The number of amides is 1. The monoisotopic (exact) mass is 285 g/mol. The van der Waals surface area contributed by atoms with E-state index in [1.54, 1.807) is 13.0 Å². The van der Waals surface area contributed by atoms with E-state index in [1.165, 1.54) is 17.7 Å². The predicted molar refractivity (Wildman–Crippen MR) is 82.8 cm³/mol. The molecule has 0 saturated carbocycles. The van der Waals surface area contributed by atoms with Crippen LogP contribution < -0.4 is 5.32 Å². The molecule has 0 radical (unpaired) electrons. The highest BCUT2D eigenvalue weighted by atomic mass is 19.1. The van der Waals surface area contributed by atoms with Crippen molar-refractivity contribution in [2.75, 3.05) is 0 Å². The summed E-state index contributed by atoms with van der Waals surface area (Å²) in [4.78, 5) is 12.3. The molecule has 2 nitrogen and oxygen atoms in total. The van der Waals surface area contributed by atoms with Crippen LogP contribution in [0.3, 0.4) is 0 Å². The van der Waals surface area contributed by atoms with Gasteiger partial charge < -0.3 is 5.32 Å². The van der Waals surface area contributed by atoms with Gasteiger partial charge in [-0.1, -0.05) is 36.8 Å². The molecule has 2 aromatic carbocycles. The number of rotatable bonds is 4. The van der Waals surface area contributed by atoms with Crippen LogP contribution in [0.5, 0.6) is 0 Å². The van der Waals surface area contributed by atoms with Crippen molar-refractivity contribution < 1.29 is 9.18 Å². The van der Waals surface area contributed by atoms with Crippen LogP contribution in [-0.2, 0) is 0 Å². The smallest absolute Gasteiger partial charge is 0.251 e. The fourth-order valence-electron chi connectivity index (χ4n) is 2.25. The number of hydrogen-bond donors (Lipinski definition) is 1. The van der Waals surface area contributed by atoms with Crippen molar-refractivity contribution in [3.8, 4) is 0 Å². The molecule has 0 aliphatic rings. The minimum Gasteiger partial charge on any atom is -0.345 e. The molecule has 2 rings (SSSR count). The van der Waals surface area contributed by atoms with E-state index in [9.17, 15) is 9.18 Å². The van der Waals surface area contributed by atoms with Gasteiger partial charge in [0.15, 0.2) is 0 Å². The van der Waals surface area contributed by atoms with Crippen LogP contribution in [0.15, 0.2) is 42.5 Å². The first kappa shape index (κ1) is 15.2. The first-order chi connectivity index (χ1) is 10.0. The van der Waals surface area contributed by atoms with Gasteiger partial charge in [0.05, 0.1) is 6.04 Å². The highest BCUT2D eigenvalue weighted by molar-refractivity contribution is 5.94. The van der Waals surface area contributed by atoms with E-state index < -0.39 is 0 Å². The third-order valence-electron chi connectivity index (χ3n) is 3.61. The SMILES string of the molecule is CCC(NC(=O)c1ccc(F)c(C)c1)c1ccc(C)cc1. The third-order valence-corrected chi connectivity index (χ3v) is 3.61. The molecule has 0 heterocycles. The summed E-state index contributed by atoms with van der Waals surface area (Å²) in [5.74, 6) is -0.470. The third kappa shape index (κ3) is 3.69. The second-order valence-electron chi connectivity index (χ2n) is 5.31. The molecule has 3 heteroatoms. The van der Waals surface area contributed by atoms with Crippen molar-refractivity contribution in [2.45, 2.75) is 33.2 Å². The zero-order chi connectivity index (χ0) is 15.4. The van der Waals surface area contributed by atoms with E-state index in [2.05, 4.69) is 5.32 Å². The molecular weight excluding hydrogens is 265 g/mol. The quantitative estimate of drug-likeness (QED) is 0.890. The Hall–Kier alpha value is -2.16. The second kappa shape index (κ2) is 6.53. The Morgan fingerprint density at radius 1 is 1.14 bits per heavy atom. The minimum absolute atomic E-state index is 0.0385. The molecule has 2 aromatic rings. The van der Waals surface area contributed by atoms with Crippen LogP contribution in [0, 0.1) is 19.7 Å². The van der Waals surface area contributed by atoms with Crippen molar-refractivity contribution >= 4 is 5.91 Å². The fraction of sp³-hybridized carbons (Fsp3) is 0.278. The summed E-state index contributed by atoms with van der Waals surface area (Å²) in [5, 5.41) is 3.00. The van der Waals surface area contributed by atoms with Crippen LogP contribution >= 0.6 is 0 Å². The molecule has 1 N–H and O–H groups in total. The van der Waals surface area contributed by atoms with Crippen LogP contribution in [-0.4, -0.2) is 5.91 Å². The van der Waals surface area contributed by atoms with Crippen molar-refractivity contribution in [3.05, 3.63) is 70.5 Å². The van der Waals surface area contributed by atoms with Gasteiger partial charge in [-0.05, 0) is 49.6 Å². The van der Waals surface area contributed by atoms with Crippen molar-refractivity contribution in [3.63, 3.8) is 0 Å². The molecule has 0 bridgehead atoms. The Bertz CT molecular complexity index is 634. The molecular formula is C18H20FNO. The Labute approximate surface area is 125 Å². The largest absolute Gasteiger partial charge is 0.345 e. The molecule has 1 atom stereocenters. The van der Waals surface area contributed by atoms with Gasteiger partial charge in [0.2, 0.25) is 0 Å². The maximum atomic E-state index is 13.3. The summed E-state index contributed by atoms with van der Waals surface area (Å²) >= 11 is 0. The summed E-state index contributed by atoms with van der Waals surface area (Å²) in [6.45, 7) is 5.72. The van der Waals surface area contributed by atoms with Crippen LogP contribution in [0.25, 0.3) is 0 Å². The van der Waals surface area contributed by atoms with Gasteiger partial charge in [-0.25, -0.2) is 4.39 Å². The lowest BCUT2D eigenvalue weighted by molar-refractivity contribution is 0.0935. The zero-order valence-corrected chi connectivity index (χ0v) is 12.6. The molecule has 0 spiro atoms. The lowest BCUT2D eigenvalue weighted by Gasteiger charge is -2.18. The number of aryl methyl sites for hydroxylation is 2. The van der Waals surface area contributed by atoms with Crippen LogP contribution in [0.1, 0.15) is 46.4 Å². The standard InChI is InChI=1S/C18H20FNO/c1-4-17(14-7-5-12(2)6-8-14)20-18(21)15-9-10-16(19)13(3)11-15/h5-11,17H,4H2,1-3H3,(H,20,21). The van der Waals surface area contributed by atoms with Gasteiger partial charge in [0, 0.05) is 5.56 Å². The van der Waals surface area contributed by atoms with Gasteiger partial charge in [-0.2, -0.15) is 0 Å². The lowest BCUT2D eigenvalue weighted by atomic mass is 10.0. The van der Waals surface area contributed by atoms with Gasteiger partial charge in [-0.15, -0.1) is 0 Å². The summed E-state index contributed by atoms with van der Waals surface area (Å²) < 4.78 is 13.3. The summed E-state index contributed by atoms with van der Waals surface area (Å²) in [5.41, 5.74) is 3.23. The van der Waals surface area contributed by atoms with Gasteiger partial charge in [-0.3, -0.25) is 4.79 Å². The Morgan fingerprint density at radius 2 is 1.81 bits per heavy atom. The van der Waals surface area contributed by atoms with Crippen molar-refractivity contribution in [2.24, 2.45) is 0 Å². The maximum absolute atomic E-state index is 13.3. The Balaban J connectivity index is 2.15. The zero-order valence-electron chi connectivity index (χ0n) is 12.6. The molecule has 0 aliphatic carbocycles. The molecule has 0 aliphatic heterocycles. The molecule has 0 aromatic heterocycles. The normalized spacial score (nSPS) is 12.0. The average Bonchev–Trinajstić information content (AvgIpc) is 2.48. The first-order valence-corrected chi connectivity index (χ1v) is 7.15. The molecule has 110 valence electrons. The first-order valence-electron chi connectivity index (χ1n) is 7.15. The molecule has 1 amide bonds. The van der Waals surface area contributed by atoms with Gasteiger partial charge in [0.1, 0.15) is 5.82 Å². The van der Waals surface area contributed by atoms with E-state index in [0.717, 1.165) is 12.0 Å². The molecule has 1 unspecified atom stereocenters. The van der Waals surface area contributed by atoms with E-state index in [1.807, 2.05) is 38.1 Å². The lowest BCUT2D eigenvalue weighted by Crippen LogP contribution is -2.28. The minimum atomic E-state index is -0.294. The van der Waals surface area contributed by atoms with E-state index >= 15 is 0 Å². The predicted octanol–water partition coefficient (Wildman–Crippen LogP) is 4.32. The fourth-order valence-corrected chi connectivity index (χ4v) is 2.25. The number of benzene rings is 2. The highest BCUT2D eigenvalue weighted by Gasteiger charge is 2.14. The van der Waals surface area contributed by atoms with Gasteiger partial charge >= 0.3 is 0 Å². The summed E-state index contributed by atoms with van der Waals surface area (Å²) in [7, 11) is 0. The number of hydrogen-bond acceptors (Lipinski definition) is 1. The van der Waals surface area contributed by atoms with Crippen LogP contribution in [0.2, 0.25) is 0 Å². The second-order valence-corrected chi connectivity index (χ2v) is 5.31. The number of halogens is 1. The van der Waals surface area contributed by atoms with Crippen LogP contribution in [0.4, 0.5) is 4.39 Å². The van der Waals surface area contributed by atoms with E-state index in [-0.39, 0.29) is 17.8 Å². The average molecular weight is 285 g/mol. The highest BCUT2D eigenvalue weighted by Crippen LogP contribution is 2.18. The van der Waals surface area contributed by atoms with E-state index in [0.29, 0.717) is 11.1 Å². The topological polar surface area (TPSA) is 29.1 Å². The summed E-state index contributed by atoms with van der Waals surface area (Å²) in [6.07, 6.45) is 0.801. The molecule has 21 heavy (non-hydrogen) atoms. The number of nitrogens with one attached hydrogen (secondary N) is 1. The number of carbonyl (C=O) groups excluding carboxylic acids is 1. The Kier molecular flexibility index (Phi) is 4.73. The maximum Gasteiger partial charge on any atom is 0.251 e. The van der Waals surface area contributed by atoms with Gasteiger partial charge in [0.25, 0.3) is 5.91 Å². The Morgan fingerprint density at radius 3 is 2.38 bits per heavy atom. The van der Waals surface area contributed by atoms with E-state index in [4.69, 9.17) is 0 Å². The van der Waals surface area contributed by atoms with Crippen molar-refractivity contribution in [1.82, 2.24) is 5.32 Å². The number of carbonyl (C=O) groups is 1. The molecule has 0 fully saturated rings. The summed E-state index contributed by atoms with van der Waals surface area (Å²) in [6, 6.07) is 12.5.